The van der Waals surface area contributed by atoms with Crippen molar-refractivity contribution in [1.82, 2.24) is 30.2 Å². The van der Waals surface area contributed by atoms with Gasteiger partial charge in [0, 0.05) is 12.7 Å². The maximum Gasteiger partial charge on any atom is 0.359 e. The molecule has 4 rings (SSSR count). The van der Waals surface area contributed by atoms with E-state index in [-0.39, 0.29) is 43.1 Å². The van der Waals surface area contributed by atoms with Crippen molar-refractivity contribution < 1.29 is 28.9 Å². The van der Waals surface area contributed by atoms with E-state index in [4.69, 9.17) is 14.2 Å². The molecule has 2 N–H and O–H groups in total. The topological polar surface area (TPSA) is 154 Å². The third kappa shape index (κ3) is 6.58. The van der Waals surface area contributed by atoms with Crippen LogP contribution in [-0.2, 0) is 44.4 Å². The fourth-order valence-electron chi connectivity index (χ4n) is 4.31. The monoisotopic (exact) mass is 548 g/mol. The number of nitrogens with one attached hydrogen (secondary N) is 1. The molecule has 0 aliphatic carbocycles. The molecule has 0 radical (unpaired) electrons. The number of carbonyl (C=O) groups excluding carboxylic acids is 2. The van der Waals surface area contributed by atoms with Gasteiger partial charge in [-0.3, -0.25) is 4.79 Å². The Morgan fingerprint density at radius 1 is 1.05 bits per heavy atom. The molecule has 0 aliphatic heterocycles. The van der Waals surface area contributed by atoms with E-state index in [0.717, 1.165) is 22.3 Å². The maximum absolute atomic E-state index is 13.2. The second-order valence-corrected chi connectivity index (χ2v) is 9.91. The van der Waals surface area contributed by atoms with E-state index in [0.29, 0.717) is 5.82 Å². The standard InChI is InChI=1S/C28H32N6O6/c1-17(2)40-23(35)14-34-22(16-38-5)29-24(25(34)28(3,4)37)27(36)39-15-18-10-12-19(13-11-18)20-8-6-7-9-21(20)26-30-32-33-31-26/h6-13,17,37H,14-16H2,1-5H3,(H,30,31,32,33). The number of imidazole rings is 1. The molecule has 0 atom stereocenters. The summed E-state index contributed by atoms with van der Waals surface area (Å²) in [5.41, 5.74) is 2.00. The predicted octanol–water partition coefficient (Wildman–Crippen LogP) is 3.41. The molecule has 0 bridgehead atoms. The minimum absolute atomic E-state index is 0.0123. The lowest BCUT2D eigenvalue weighted by atomic mass is 9.98. The summed E-state index contributed by atoms with van der Waals surface area (Å²) in [7, 11) is 1.47. The summed E-state index contributed by atoms with van der Waals surface area (Å²) in [4.78, 5) is 30.0. The third-order valence-electron chi connectivity index (χ3n) is 5.91. The highest BCUT2D eigenvalue weighted by atomic mass is 16.5. The van der Waals surface area contributed by atoms with Gasteiger partial charge in [0.15, 0.2) is 11.5 Å². The Morgan fingerprint density at radius 2 is 1.75 bits per heavy atom. The number of aromatic amines is 1. The Kier molecular flexibility index (Phi) is 8.70. The van der Waals surface area contributed by atoms with Gasteiger partial charge in [-0.2, -0.15) is 0 Å². The molecule has 0 fully saturated rings. The molecule has 40 heavy (non-hydrogen) atoms. The van der Waals surface area contributed by atoms with E-state index in [1.165, 1.54) is 25.5 Å². The second kappa shape index (κ2) is 12.2. The van der Waals surface area contributed by atoms with Gasteiger partial charge in [-0.1, -0.05) is 48.5 Å². The first-order valence-electron chi connectivity index (χ1n) is 12.7. The number of methoxy groups -OCH3 is 1. The van der Waals surface area contributed by atoms with Crippen LogP contribution in [0.5, 0.6) is 0 Å². The summed E-state index contributed by atoms with van der Waals surface area (Å²) in [6, 6.07) is 15.3. The van der Waals surface area contributed by atoms with E-state index in [2.05, 4.69) is 25.6 Å². The van der Waals surface area contributed by atoms with Gasteiger partial charge in [0.2, 0.25) is 0 Å². The van der Waals surface area contributed by atoms with Gasteiger partial charge < -0.3 is 23.9 Å². The summed E-state index contributed by atoms with van der Waals surface area (Å²) >= 11 is 0. The zero-order chi connectivity index (χ0) is 28.9. The van der Waals surface area contributed by atoms with E-state index in [1.807, 2.05) is 48.5 Å². The number of ether oxygens (including phenoxy) is 3. The molecule has 0 amide bonds. The Balaban J connectivity index is 1.54. The number of aromatic nitrogens is 6. The van der Waals surface area contributed by atoms with E-state index in [9.17, 15) is 14.7 Å². The third-order valence-corrected chi connectivity index (χ3v) is 5.91. The van der Waals surface area contributed by atoms with Crippen molar-refractivity contribution in [2.24, 2.45) is 0 Å². The van der Waals surface area contributed by atoms with Crippen molar-refractivity contribution in [3.8, 4) is 22.5 Å². The summed E-state index contributed by atoms with van der Waals surface area (Å²) in [6.07, 6.45) is -0.323. The molecule has 12 nitrogen and oxygen atoms in total. The summed E-state index contributed by atoms with van der Waals surface area (Å²) in [6.45, 7) is 6.23. The second-order valence-electron chi connectivity index (χ2n) is 9.91. The number of benzene rings is 2. The maximum atomic E-state index is 13.2. The summed E-state index contributed by atoms with van der Waals surface area (Å²) in [5.74, 6) is -0.424. The Bertz CT molecular complexity index is 1460. The lowest BCUT2D eigenvalue weighted by Gasteiger charge is -2.22. The number of carbonyl (C=O) groups is 2. The molecule has 0 unspecified atom stereocenters. The lowest BCUT2D eigenvalue weighted by Crippen LogP contribution is -2.28. The first-order valence-corrected chi connectivity index (χ1v) is 12.7. The van der Waals surface area contributed by atoms with Gasteiger partial charge in [-0.15, -0.1) is 5.10 Å². The van der Waals surface area contributed by atoms with Crippen LogP contribution in [0.4, 0.5) is 0 Å². The predicted molar refractivity (Wildman–Crippen MR) is 144 cm³/mol. The van der Waals surface area contributed by atoms with Crippen LogP contribution >= 0.6 is 0 Å². The number of tetrazole rings is 1. The van der Waals surface area contributed by atoms with E-state index >= 15 is 0 Å². The lowest BCUT2D eigenvalue weighted by molar-refractivity contribution is -0.148. The molecule has 2 aromatic carbocycles. The number of hydrogen-bond donors (Lipinski definition) is 2. The number of aliphatic hydroxyl groups is 1. The molecule has 12 heteroatoms. The molecule has 210 valence electrons. The minimum atomic E-state index is -1.51. The zero-order valence-electron chi connectivity index (χ0n) is 23.0. The minimum Gasteiger partial charge on any atom is -0.462 e. The van der Waals surface area contributed by atoms with Gasteiger partial charge in [-0.05, 0) is 54.8 Å². The van der Waals surface area contributed by atoms with Crippen molar-refractivity contribution in [2.75, 3.05) is 7.11 Å². The molecule has 2 heterocycles. The van der Waals surface area contributed by atoms with E-state index < -0.39 is 17.5 Å². The highest BCUT2D eigenvalue weighted by Crippen LogP contribution is 2.30. The molecule has 0 aliphatic rings. The molecule has 0 saturated heterocycles. The normalized spacial score (nSPS) is 11.6. The first kappa shape index (κ1) is 28.6. The van der Waals surface area contributed by atoms with Crippen LogP contribution in [-0.4, -0.2) is 60.4 Å². The number of H-pyrrole nitrogens is 1. The van der Waals surface area contributed by atoms with Gasteiger partial charge in [0.1, 0.15) is 31.2 Å². The number of nitrogens with zero attached hydrogens (tertiary/aromatic N) is 5. The number of hydrogen-bond acceptors (Lipinski definition) is 10. The summed E-state index contributed by atoms with van der Waals surface area (Å²) in [5, 5.41) is 25.0. The fraction of sp³-hybridized carbons (Fsp3) is 0.357. The van der Waals surface area contributed by atoms with Crippen LogP contribution in [0.1, 0.15) is 55.3 Å². The average molecular weight is 549 g/mol. The molecular weight excluding hydrogens is 516 g/mol. The van der Waals surface area contributed by atoms with Gasteiger partial charge >= 0.3 is 11.9 Å². The highest BCUT2D eigenvalue weighted by Gasteiger charge is 2.34. The van der Waals surface area contributed by atoms with Crippen LogP contribution in [0.3, 0.4) is 0 Å². The quantitative estimate of drug-likeness (QED) is 0.266. The van der Waals surface area contributed by atoms with Crippen LogP contribution in [0.15, 0.2) is 48.5 Å². The van der Waals surface area contributed by atoms with Crippen LogP contribution in [0.25, 0.3) is 22.5 Å². The fourth-order valence-corrected chi connectivity index (χ4v) is 4.31. The smallest absolute Gasteiger partial charge is 0.359 e. The molecule has 4 aromatic rings. The molecular formula is C28H32N6O6. The van der Waals surface area contributed by atoms with Gasteiger partial charge in [0.25, 0.3) is 0 Å². The van der Waals surface area contributed by atoms with Crippen molar-refractivity contribution in [3.05, 3.63) is 71.3 Å². The van der Waals surface area contributed by atoms with Crippen molar-refractivity contribution in [1.29, 1.82) is 0 Å². The van der Waals surface area contributed by atoms with E-state index in [1.54, 1.807) is 13.8 Å². The zero-order valence-corrected chi connectivity index (χ0v) is 23.0. The summed E-state index contributed by atoms with van der Waals surface area (Å²) < 4.78 is 17.5. The van der Waals surface area contributed by atoms with Gasteiger partial charge in [-0.25, -0.2) is 14.9 Å². The van der Waals surface area contributed by atoms with Crippen LogP contribution in [0, 0.1) is 0 Å². The SMILES string of the molecule is COCc1nc(C(=O)OCc2ccc(-c3ccccc3-c3nnn[nH]3)cc2)c(C(C)(C)O)n1CC(=O)OC(C)C. The van der Waals surface area contributed by atoms with Crippen molar-refractivity contribution in [2.45, 2.75) is 59.2 Å². The van der Waals surface area contributed by atoms with Crippen LogP contribution in [0.2, 0.25) is 0 Å². The first-order chi connectivity index (χ1) is 19.1. The Morgan fingerprint density at radius 3 is 2.35 bits per heavy atom. The Hall–Kier alpha value is -4.42. The Labute approximate surface area is 231 Å². The largest absolute Gasteiger partial charge is 0.462 e. The van der Waals surface area contributed by atoms with Gasteiger partial charge in [0.05, 0.1) is 11.8 Å². The van der Waals surface area contributed by atoms with Crippen molar-refractivity contribution >= 4 is 11.9 Å². The van der Waals surface area contributed by atoms with Crippen LogP contribution < -0.4 is 0 Å². The molecule has 2 aromatic heterocycles. The number of rotatable bonds is 11. The highest BCUT2D eigenvalue weighted by molar-refractivity contribution is 5.89. The molecule has 0 spiro atoms. The molecule has 0 saturated carbocycles. The number of esters is 2. The average Bonchev–Trinajstić information content (AvgIpc) is 3.56. The van der Waals surface area contributed by atoms with Crippen molar-refractivity contribution in [3.63, 3.8) is 0 Å².